The Morgan fingerprint density at radius 1 is 1.16 bits per heavy atom. The molecule has 0 spiro atoms. The van der Waals surface area contributed by atoms with E-state index < -0.39 is 0 Å². The summed E-state index contributed by atoms with van der Waals surface area (Å²) in [4.78, 5) is 10.6. The first-order valence-electron chi connectivity index (χ1n) is 5.41. The Balaban J connectivity index is 2.12. The molecule has 0 radical (unpaired) electrons. The number of carbonyl (C=O) groups is 1. The maximum atomic E-state index is 13.6. The predicted molar refractivity (Wildman–Crippen MR) is 78.0 cm³/mol. The molecule has 0 aliphatic rings. The van der Waals surface area contributed by atoms with Gasteiger partial charge in [-0.05, 0) is 46.3 Å². The largest absolute Gasteiger partial charge is 0.488 e. The van der Waals surface area contributed by atoms with Crippen LogP contribution in [0, 0.1) is 5.82 Å². The summed E-state index contributed by atoms with van der Waals surface area (Å²) in [6, 6.07) is 9.78. The minimum absolute atomic E-state index is 0.123. The third-order valence-corrected chi connectivity index (χ3v) is 3.60. The number of halogens is 3. The number of ether oxygens (including phenoxy) is 1. The first-order chi connectivity index (χ1) is 9.10. The molecule has 0 aliphatic carbocycles. The van der Waals surface area contributed by atoms with Crippen molar-refractivity contribution in [1.29, 1.82) is 0 Å². The van der Waals surface area contributed by atoms with E-state index >= 15 is 0 Å². The SMILES string of the molecule is O=Cc1ccc(OCc2ccc(Br)cc2F)c(Br)c1. The first kappa shape index (κ1) is 14.2. The fourth-order valence-electron chi connectivity index (χ4n) is 1.50. The smallest absolute Gasteiger partial charge is 0.150 e. The molecule has 2 rings (SSSR count). The third kappa shape index (κ3) is 3.64. The number of hydrogen-bond donors (Lipinski definition) is 0. The lowest BCUT2D eigenvalue weighted by molar-refractivity contribution is 0.112. The lowest BCUT2D eigenvalue weighted by Gasteiger charge is -2.09. The van der Waals surface area contributed by atoms with Gasteiger partial charge in [0.05, 0.1) is 4.47 Å². The van der Waals surface area contributed by atoms with Gasteiger partial charge in [0.2, 0.25) is 0 Å². The van der Waals surface area contributed by atoms with E-state index in [0.29, 0.717) is 25.8 Å². The molecule has 0 aromatic heterocycles. The second-order valence-corrected chi connectivity index (χ2v) is 5.60. The average molecular weight is 388 g/mol. The van der Waals surface area contributed by atoms with E-state index in [1.807, 2.05) is 0 Å². The number of hydrogen-bond acceptors (Lipinski definition) is 2. The van der Waals surface area contributed by atoms with Crippen molar-refractivity contribution in [2.45, 2.75) is 6.61 Å². The van der Waals surface area contributed by atoms with E-state index in [1.165, 1.54) is 6.07 Å². The van der Waals surface area contributed by atoms with Crippen LogP contribution >= 0.6 is 31.9 Å². The summed E-state index contributed by atoms with van der Waals surface area (Å²) < 4.78 is 20.5. The zero-order valence-corrected chi connectivity index (χ0v) is 12.9. The zero-order valence-electron chi connectivity index (χ0n) is 9.70. The highest BCUT2D eigenvalue weighted by Gasteiger charge is 2.06. The molecule has 0 heterocycles. The van der Waals surface area contributed by atoms with E-state index in [1.54, 1.807) is 30.3 Å². The van der Waals surface area contributed by atoms with Crippen LogP contribution in [0.5, 0.6) is 5.75 Å². The molecule has 0 amide bonds. The van der Waals surface area contributed by atoms with Crippen LogP contribution in [0.1, 0.15) is 15.9 Å². The maximum Gasteiger partial charge on any atom is 0.150 e. The molecule has 98 valence electrons. The molecule has 0 unspecified atom stereocenters. The Morgan fingerprint density at radius 2 is 1.95 bits per heavy atom. The van der Waals surface area contributed by atoms with E-state index in [9.17, 15) is 9.18 Å². The molecule has 0 saturated heterocycles. The van der Waals surface area contributed by atoms with Crippen LogP contribution in [0.3, 0.4) is 0 Å². The van der Waals surface area contributed by atoms with Crippen molar-refractivity contribution in [3.63, 3.8) is 0 Å². The fourth-order valence-corrected chi connectivity index (χ4v) is 2.35. The molecule has 0 fully saturated rings. The van der Waals surface area contributed by atoms with Crippen molar-refractivity contribution >= 4 is 38.1 Å². The molecule has 0 bridgehead atoms. The number of aldehydes is 1. The molecule has 2 aromatic rings. The van der Waals surface area contributed by atoms with Crippen LogP contribution in [0.25, 0.3) is 0 Å². The molecule has 0 atom stereocenters. The van der Waals surface area contributed by atoms with E-state index in [2.05, 4.69) is 31.9 Å². The van der Waals surface area contributed by atoms with Crippen LogP contribution < -0.4 is 4.74 Å². The number of carbonyl (C=O) groups excluding carboxylic acids is 1. The number of benzene rings is 2. The molecule has 2 aromatic carbocycles. The molecule has 5 heteroatoms. The summed E-state index contributed by atoms with van der Waals surface area (Å²) in [6.07, 6.45) is 0.753. The second-order valence-electron chi connectivity index (χ2n) is 3.83. The maximum absolute atomic E-state index is 13.6. The summed E-state index contributed by atoms with van der Waals surface area (Å²) in [7, 11) is 0. The zero-order chi connectivity index (χ0) is 13.8. The number of rotatable bonds is 4. The summed E-state index contributed by atoms with van der Waals surface area (Å²) in [5.74, 6) is 0.239. The summed E-state index contributed by atoms with van der Waals surface area (Å²) >= 11 is 6.50. The van der Waals surface area contributed by atoms with Crippen molar-refractivity contribution < 1.29 is 13.9 Å². The Kier molecular flexibility index (Phi) is 4.71. The van der Waals surface area contributed by atoms with Crippen LogP contribution in [-0.2, 0) is 6.61 Å². The standard InChI is InChI=1S/C14H9Br2FO2/c15-11-3-2-10(13(17)6-11)8-19-14-4-1-9(7-18)5-12(14)16/h1-7H,8H2. The highest BCUT2D eigenvalue weighted by molar-refractivity contribution is 9.10. The quantitative estimate of drug-likeness (QED) is 0.708. The van der Waals surface area contributed by atoms with Gasteiger partial charge in [-0.15, -0.1) is 0 Å². The Labute approximate surface area is 126 Å². The van der Waals surface area contributed by atoms with Gasteiger partial charge in [0, 0.05) is 15.6 Å². The van der Waals surface area contributed by atoms with Crippen LogP contribution in [-0.4, -0.2) is 6.29 Å². The summed E-state index contributed by atoms with van der Waals surface area (Å²) in [6.45, 7) is 0.123. The van der Waals surface area contributed by atoms with Crippen molar-refractivity contribution in [2.75, 3.05) is 0 Å². The molecule has 0 saturated carbocycles. The van der Waals surface area contributed by atoms with Crippen LogP contribution in [0.4, 0.5) is 4.39 Å². The van der Waals surface area contributed by atoms with Gasteiger partial charge in [-0.1, -0.05) is 22.0 Å². The van der Waals surface area contributed by atoms with E-state index in [0.717, 1.165) is 6.29 Å². The minimum Gasteiger partial charge on any atom is -0.488 e. The van der Waals surface area contributed by atoms with Crippen molar-refractivity contribution in [2.24, 2.45) is 0 Å². The van der Waals surface area contributed by atoms with Gasteiger partial charge in [0.1, 0.15) is 24.5 Å². The Bertz CT molecular complexity index is 614. The third-order valence-electron chi connectivity index (χ3n) is 2.49. The summed E-state index contributed by atoms with van der Waals surface area (Å²) in [5, 5.41) is 0. The van der Waals surface area contributed by atoms with Crippen molar-refractivity contribution in [1.82, 2.24) is 0 Å². The topological polar surface area (TPSA) is 26.3 Å². The van der Waals surface area contributed by atoms with Gasteiger partial charge < -0.3 is 4.74 Å². The van der Waals surface area contributed by atoms with E-state index in [4.69, 9.17) is 4.74 Å². The van der Waals surface area contributed by atoms with Crippen molar-refractivity contribution in [3.05, 3.63) is 62.3 Å². The molecule has 0 aliphatic heterocycles. The average Bonchev–Trinajstić information content (AvgIpc) is 2.39. The van der Waals surface area contributed by atoms with Gasteiger partial charge >= 0.3 is 0 Å². The highest BCUT2D eigenvalue weighted by Crippen LogP contribution is 2.27. The van der Waals surface area contributed by atoms with Crippen LogP contribution in [0.2, 0.25) is 0 Å². The molecular formula is C14H9Br2FO2. The molecule has 19 heavy (non-hydrogen) atoms. The fraction of sp³-hybridized carbons (Fsp3) is 0.0714. The lowest BCUT2D eigenvalue weighted by atomic mass is 10.2. The predicted octanol–water partition coefficient (Wildman–Crippen LogP) is 4.74. The monoisotopic (exact) mass is 386 g/mol. The van der Waals surface area contributed by atoms with E-state index in [-0.39, 0.29) is 12.4 Å². The van der Waals surface area contributed by atoms with Gasteiger partial charge in [-0.25, -0.2) is 4.39 Å². The van der Waals surface area contributed by atoms with Gasteiger partial charge in [-0.2, -0.15) is 0 Å². The van der Waals surface area contributed by atoms with Crippen molar-refractivity contribution in [3.8, 4) is 5.75 Å². The Hall–Kier alpha value is -1.20. The molecular weight excluding hydrogens is 379 g/mol. The Morgan fingerprint density at radius 3 is 2.58 bits per heavy atom. The summed E-state index contributed by atoms with van der Waals surface area (Å²) in [5.41, 5.74) is 1.02. The normalized spacial score (nSPS) is 10.3. The molecule has 0 N–H and O–H groups in total. The molecule has 2 nitrogen and oxygen atoms in total. The van der Waals surface area contributed by atoms with Gasteiger partial charge in [0.25, 0.3) is 0 Å². The minimum atomic E-state index is -0.324. The lowest BCUT2D eigenvalue weighted by Crippen LogP contribution is -1.99. The second kappa shape index (κ2) is 6.30. The van der Waals surface area contributed by atoms with Gasteiger partial charge in [-0.3, -0.25) is 4.79 Å². The van der Waals surface area contributed by atoms with Gasteiger partial charge in [0.15, 0.2) is 0 Å². The van der Waals surface area contributed by atoms with Crippen LogP contribution in [0.15, 0.2) is 45.3 Å². The first-order valence-corrected chi connectivity index (χ1v) is 7.00. The highest BCUT2D eigenvalue weighted by atomic mass is 79.9.